The quantitative estimate of drug-likeness (QED) is 0.839. The second-order valence-corrected chi connectivity index (χ2v) is 5.01. The number of anilines is 1. The molecule has 0 aromatic heterocycles. The van der Waals surface area contributed by atoms with E-state index in [0.717, 1.165) is 6.54 Å². The Kier molecular flexibility index (Phi) is 5.23. The average Bonchev–Trinajstić information content (AvgIpc) is 2.27. The van der Waals surface area contributed by atoms with Crippen LogP contribution in [-0.2, 0) is 0 Å². The largest absolute Gasteiger partial charge is 0.378 e. The maximum atomic E-state index is 3.42. The van der Waals surface area contributed by atoms with E-state index in [-0.39, 0.29) is 0 Å². The van der Waals surface area contributed by atoms with Crippen molar-refractivity contribution in [3.05, 3.63) is 35.4 Å². The molecule has 0 spiro atoms. The number of hydrogen-bond donors (Lipinski definition) is 1. The van der Waals surface area contributed by atoms with Gasteiger partial charge in [-0.25, -0.2) is 0 Å². The van der Waals surface area contributed by atoms with E-state index >= 15 is 0 Å². The van der Waals surface area contributed by atoms with Crippen LogP contribution in [0.5, 0.6) is 0 Å². The molecule has 2 nitrogen and oxygen atoms in total. The van der Waals surface area contributed by atoms with E-state index in [2.05, 4.69) is 75.4 Å². The van der Waals surface area contributed by atoms with Crippen molar-refractivity contribution in [2.24, 2.45) is 0 Å². The van der Waals surface area contributed by atoms with Gasteiger partial charge in [-0.05, 0) is 24.6 Å². The lowest BCUT2D eigenvalue weighted by atomic mass is 10.1. The standard InChI is InChI=1S/C15H24N2/c1-12(2)16-11-13(3)10-14-6-8-15(9-7-14)17(4)5/h6-10,12,16H,11H2,1-5H3. The third-order valence-corrected chi connectivity index (χ3v) is 2.61. The van der Waals surface area contributed by atoms with E-state index in [1.165, 1.54) is 16.8 Å². The first-order chi connectivity index (χ1) is 7.99. The van der Waals surface area contributed by atoms with Gasteiger partial charge in [-0.2, -0.15) is 0 Å². The van der Waals surface area contributed by atoms with E-state index < -0.39 is 0 Å². The lowest BCUT2D eigenvalue weighted by Crippen LogP contribution is -2.24. The van der Waals surface area contributed by atoms with Crippen molar-refractivity contribution in [2.75, 3.05) is 25.5 Å². The van der Waals surface area contributed by atoms with Gasteiger partial charge in [0.15, 0.2) is 0 Å². The Bertz CT molecular complexity index is 361. The fraction of sp³-hybridized carbons (Fsp3) is 0.467. The summed E-state index contributed by atoms with van der Waals surface area (Å²) in [5.41, 5.74) is 3.86. The highest BCUT2D eigenvalue weighted by Gasteiger charge is 1.96. The Morgan fingerprint density at radius 2 is 1.82 bits per heavy atom. The normalized spacial score (nSPS) is 12.0. The SMILES string of the molecule is CC(=Cc1ccc(N(C)C)cc1)CNC(C)C. The molecule has 0 saturated heterocycles. The second-order valence-electron chi connectivity index (χ2n) is 5.01. The third-order valence-electron chi connectivity index (χ3n) is 2.61. The predicted octanol–water partition coefficient (Wildman–Crippen LogP) is 3.15. The topological polar surface area (TPSA) is 15.3 Å². The molecule has 0 aliphatic rings. The van der Waals surface area contributed by atoms with Crippen LogP contribution in [0.2, 0.25) is 0 Å². The maximum Gasteiger partial charge on any atom is 0.0361 e. The van der Waals surface area contributed by atoms with Crippen LogP contribution in [0.1, 0.15) is 26.3 Å². The Hall–Kier alpha value is -1.28. The highest BCUT2D eigenvalue weighted by molar-refractivity contribution is 5.57. The molecule has 0 radical (unpaired) electrons. The van der Waals surface area contributed by atoms with E-state index in [4.69, 9.17) is 0 Å². The number of nitrogens with zero attached hydrogens (tertiary/aromatic N) is 1. The Labute approximate surface area is 105 Å². The second kappa shape index (κ2) is 6.45. The van der Waals surface area contributed by atoms with Crippen LogP contribution in [0.25, 0.3) is 6.08 Å². The molecule has 94 valence electrons. The van der Waals surface area contributed by atoms with Gasteiger partial charge in [0.1, 0.15) is 0 Å². The van der Waals surface area contributed by atoms with E-state index in [1.54, 1.807) is 0 Å². The van der Waals surface area contributed by atoms with Crippen molar-refractivity contribution in [3.63, 3.8) is 0 Å². The molecular formula is C15H24N2. The third kappa shape index (κ3) is 5.05. The lowest BCUT2D eigenvalue weighted by molar-refractivity contribution is 0.623. The molecule has 2 heteroatoms. The first-order valence-electron chi connectivity index (χ1n) is 6.17. The summed E-state index contributed by atoms with van der Waals surface area (Å²) in [6.45, 7) is 7.45. The van der Waals surface area contributed by atoms with Crippen molar-refractivity contribution in [1.82, 2.24) is 5.32 Å². The van der Waals surface area contributed by atoms with Crippen molar-refractivity contribution in [2.45, 2.75) is 26.8 Å². The number of benzene rings is 1. The van der Waals surface area contributed by atoms with Gasteiger partial charge in [-0.15, -0.1) is 0 Å². The monoisotopic (exact) mass is 232 g/mol. The lowest BCUT2D eigenvalue weighted by Gasteiger charge is -2.12. The van der Waals surface area contributed by atoms with E-state index in [0.29, 0.717) is 6.04 Å². The van der Waals surface area contributed by atoms with Crippen LogP contribution in [0, 0.1) is 0 Å². The van der Waals surface area contributed by atoms with Crippen LogP contribution < -0.4 is 10.2 Å². The highest BCUT2D eigenvalue weighted by atomic mass is 15.1. The zero-order chi connectivity index (χ0) is 12.8. The minimum Gasteiger partial charge on any atom is -0.378 e. The molecule has 1 N–H and O–H groups in total. The van der Waals surface area contributed by atoms with Crippen molar-refractivity contribution < 1.29 is 0 Å². The molecule has 0 unspecified atom stereocenters. The smallest absolute Gasteiger partial charge is 0.0361 e. The Morgan fingerprint density at radius 3 is 2.29 bits per heavy atom. The predicted molar refractivity (Wildman–Crippen MR) is 77.6 cm³/mol. The first kappa shape index (κ1) is 13.8. The zero-order valence-electron chi connectivity index (χ0n) is 11.6. The summed E-state index contributed by atoms with van der Waals surface area (Å²) in [6.07, 6.45) is 2.23. The summed E-state index contributed by atoms with van der Waals surface area (Å²) in [5, 5.41) is 3.42. The van der Waals surface area contributed by atoms with Gasteiger partial charge in [0, 0.05) is 32.4 Å². The van der Waals surface area contributed by atoms with Crippen LogP contribution in [0.3, 0.4) is 0 Å². The summed E-state index contributed by atoms with van der Waals surface area (Å²) in [4.78, 5) is 2.11. The molecule has 0 fully saturated rings. The van der Waals surface area contributed by atoms with Gasteiger partial charge < -0.3 is 10.2 Å². The molecule has 0 aliphatic heterocycles. The van der Waals surface area contributed by atoms with Gasteiger partial charge in [0.25, 0.3) is 0 Å². The summed E-state index contributed by atoms with van der Waals surface area (Å²) in [5.74, 6) is 0. The summed E-state index contributed by atoms with van der Waals surface area (Å²) >= 11 is 0. The molecule has 0 aliphatic carbocycles. The summed E-state index contributed by atoms with van der Waals surface area (Å²) in [7, 11) is 4.12. The molecule has 0 heterocycles. The van der Waals surface area contributed by atoms with Gasteiger partial charge in [-0.3, -0.25) is 0 Å². The van der Waals surface area contributed by atoms with Gasteiger partial charge >= 0.3 is 0 Å². The van der Waals surface area contributed by atoms with Gasteiger partial charge in [0.05, 0.1) is 0 Å². The van der Waals surface area contributed by atoms with Crippen LogP contribution in [0.4, 0.5) is 5.69 Å². The van der Waals surface area contributed by atoms with Crippen LogP contribution >= 0.6 is 0 Å². The molecule has 0 bridgehead atoms. The zero-order valence-corrected chi connectivity index (χ0v) is 11.6. The minimum absolute atomic E-state index is 0.537. The van der Waals surface area contributed by atoms with Crippen molar-refractivity contribution >= 4 is 11.8 Å². The Morgan fingerprint density at radius 1 is 1.24 bits per heavy atom. The molecule has 0 atom stereocenters. The fourth-order valence-corrected chi connectivity index (χ4v) is 1.57. The summed E-state index contributed by atoms with van der Waals surface area (Å²) in [6, 6.07) is 9.15. The number of nitrogens with one attached hydrogen (secondary N) is 1. The molecule has 0 amide bonds. The molecule has 1 rings (SSSR count). The first-order valence-corrected chi connectivity index (χ1v) is 6.17. The molecule has 1 aromatic carbocycles. The van der Waals surface area contributed by atoms with E-state index in [9.17, 15) is 0 Å². The van der Waals surface area contributed by atoms with Gasteiger partial charge in [0.2, 0.25) is 0 Å². The van der Waals surface area contributed by atoms with Gasteiger partial charge in [-0.1, -0.05) is 37.6 Å². The van der Waals surface area contributed by atoms with E-state index in [1.807, 2.05) is 0 Å². The van der Waals surface area contributed by atoms with Crippen molar-refractivity contribution in [3.8, 4) is 0 Å². The van der Waals surface area contributed by atoms with Crippen LogP contribution in [-0.4, -0.2) is 26.7 Å². The van der Waals surface area contributed by atoms with Crippen LogP contribution in [0.15, 0.2) is 29.8 Å². The molecule has 1 aromatic rings. The highest BCUT2D eigenvalue weighted by Crippen LogP contribution is 2.14. The molecule has 17 heavy (non-hydrogen) atoms. The summed E-state index contributed by atoms with van der Waals surface area (Å²) < 4.78 is 0. The minimum atomic E-state index is 0.537. The average molecular weight is 232 g/mol. The Balaban J connectivity index is 2.64. The number of hydrogen-bond acceptors (Lipinski definition) is 2. The fourth-order valence-electron chi connectivity index (χ4n) is 1.57. The molecular weight excluding hydrogens is 208 g/mol. The molecule has 0 saturated carbocycles. The van der Waals surface area contributed by atoms with Crippen molar-refractivity contribution in [1.29, 1.82) is 0 Å². The maximum absolute atomic E-state index is 3.42. The number of rotatable bonds is 5.